The molecule has 0 unspecified atom stereocenters. The number of hydrogen-bond acceptors (Lipinski definition) is 6. The molecule has 3 aromatic rings. The Morgan fingerprint density at radius 3 is 2.61 bits per heavy atom. The van der Waals surface area contributed by atoms with Crippen LogP contribution >= 0.6 is 11.6 Å². The number of unbranched alkanes of at least 4 members (excludes halogenated alkanes) is 1. The van der Waals surface area contributed by atoms with Gasteiger partial charge in [-0.25, -0.2) is 17.9 Å². The molecule has 2 heterocycles. The molecule has 10 heteroatoms. The molecule has 0 amide bonds. The predicted octanol–water partition coefficient (Wildman–Crippen LogP) is 2.66. The summed E-state index contributed by atoms with van der Waals surface area (Å²) in [5.41, 5.74) is 2.30. The molecule has 0 radical (unpaired) electrons. The van der Waals surface area contributed by atoms with Gasteiger partial charge in [-0.2, -0.15) is 0 Å². The van der Waals surface area contributed by atoms with Crippen molar-refractivity contribution >= 4 is 38.4 Å². The number of benzene rings is 2. The van der Waals surface area contributed by atoms with Crippen LogP contribution in [0.4, 0.5) is 5.69 Å². The summed E-state index contributed by atoms with van der Waals surface area (Å²) < 4.78 is 32.4. The first-order valence-electron chi connectivity index (χ1n) is 10.3. The molecule has 0 spiro atoms. The number of fused-ring (bicyclic) bond motifs is 1. The van der Waals surface area contributed by atoms with Gasteiger partial charge in [-0.1, -0.05) is 23.7 Å². The highest BCUT2D eigenvalue weighted by Gasteiger charge is 2.20. The zero-order chi connectivity index (χ0) is 21.8. The van der Waals surface area contributed by atoms with Crippen LogP contribution in [0.1, 0.15) is 12.8 Å². The molecule has 166 valence electrons. The van der Waals surface area contributed by atoms with E-state index >= 15 is 0 Å². The van der Waals surface area contributed by atoms with Gasteiger partial charge in [-0.15, -0.1) is 0 Å². The number of aromatic nitrogens is 1. The van der Waals surface area contributed by atoms with Crippen molar-refractivity contribution in [1.29, 1.82) is 0 Å². The maximum absolute atomic E-state index is 12.3. The fraction of sp³-hybridized carbons (Fsp3) is 0.381. The molecule has 1 aliphatic heterocycles. The van der Waals surface area contributed by atoms with E-state index in [-0.39, 0.29) is 4.90 Å². The van der Waals surface area contributed by atoms with Gasteiger partial charge in [0, 0.05) is 37.7 Å². The topological polar surface area (TPSA) is 98.6 Å². The lowest BCUT2D eigenvalue weighted by atomic mass is 10.2. The standard InChI is InChI=1S/C21H25ClN4O4S/c22-16-5-3-6-17(15-16)31(28,29)23-9-1-2-10-25-11-13-26(14-12-25)18-7-4-8-19-20(18)24-21(27)30-19/h3-8,15,23H,1-2,9-14H2,(H,24,27). The second kappa shape index (κ2) is 9.44. The van der Waals surface area contributed by atoms with E-state index in [2.05, 4.69) is 19.5 Å². The van der Waals surface area contributed by atoms with E-state index in [9.17, 15) is 13.2 Å². The van der Waals surface area contributed by atoms with Gasteiger partial charge in [-0.05, 0) is 49.7 Å². The highest BCUT2D eigenvalue weighted by molar-refractivity contribution is 7.89. The van der Waals surface area contributed by atoms with Gasteiger partial charge in [0.1, 0.15) is 5.52 Å². The minimum atomic E-state index is -3.53. The SMILES string of the molecule is O=c1[nH]c2c(N3CCN(CCCCNS(=O)(=O)c4cccc(Cl)c4)CC3)cccc2o1. The van der Waals surface area contributed by atoms with Crippen molar-refractivity contribution in [3.8, 4) is 0 Å². The Labute approximate surface area is 185 Å². The molecule has 31 heavy (non-hydrogen) atoms. The van der Waals surface area contributed by atoms with Crippen LogP contribution in [0.3, 0.4) is 0 Å². The average molecular weight is 465 g/mol. The van der Waals surface area contributed by atoms with Crippen LogP contribution in [-0.2, 0) is 10.0 Å². The number of nitrogens with zero attached hydrogens (tertiary/aromatic N) is 2. The molecule has 4 rings (SSSR count). The van der Waals surface area contributed by atoms with Gasteiger partial charge in [0.05, 0.1) is 10.6 Å². The molecule has 1 aliphatic rings. The zero-order valence-corrected chi connectivity index (χ0v) is 18.6. The molecule has 1 fully saturated rings. The van der Waals surface area contributed by atoms with E-state index in [1.54, 1.807) is 18.2 Å². The Hall–Kier alpha value is -2.33. The predicted molar refractivity (Wildman–Crippen MR) is 121 cm³/mol. The number of para-hydroxylation sites is 1. The van der Waals surface area contributed by atoms with Gasteiger partial charge < -0.3 is 9.32 Å². The van der Waals surface area contributed by atoms with Crippen LogP contribution in [-0.4, -0.2) is 57.6 Å². The van der Waals surface area contributed by atoms with Crippen LogP contribution in [0.15, 0.2) is 56.6 Å². The van der Waals surface area contributed by atoms with Crippen LogP contribution in [0.5, 0.6) is 0 Å². The molecule has 1 aromatic heterocycles. The van der Waals surface area contributed by atoms with Gasteiger partial charge in [0.25, 0.3) is 0 Å². The third-order valence-corrected chi connectivity index (χ3v) is 7.14. The third-order valence-electron chi connectivity index (χ3n) is 5.45. The molecule has 2 N–H and O–H groups in total. The normalized spacial score (nSPS) is 15.6. The smallest absolute Gasteiger partial charge is 0.408 e. The summed E-state index contributed by atoms with van der Waals surface area (Å²) in [6.07, 6.45) is 1.66. The van der Waals surface area contributed by atoms with Crippen molar-refractivity contribution in [3.63, 3.8) is 0 Å². The summed E-state index contributed by atoms with van der Waals surface area (Å²) in [5.74, 6) is -0.438. The number of sulfonamides is 1. The number of halogens is 1. The summed E-state index contributed by atoms with van der Waals surface area (Å²) in [5, 5.41) is 0.400. The van der Waals surface area contributed by atoms with Crippen LogP contribution in [0.25, 0.3) is 11.1 Å². The van der Waals surface area contributed by atoms with E-state index in [0.717, 1.165) is 56.8 Å². The monoisotopic (exact) mass is 464 g/mol. The molecule has 1 saturated heterocycles. The van der Waals surface area contributed by atoms with Gasteiger partial charge in [0.15, 0.2) is 5.58 Å². The number of anilines is 1. The molecular formula is C21H25ClN4O4S. The molecular weight excluding hydrogens is 440 g/mol. The number of hydrogen-bond donors (Lipinski definition) is 2. The lowest BCUT2D eigenvalue weighted by Gasteiger charge is -2.36. The second-order valence-corrected chi connectivity index (χ2v) is 9.76. The lowest BCUT2D eigenvalue weighted by molar-refractivity contribution is 0.253. The van der Waals surface area contributed by atoms with E-state index in [1.165, 1.54) is 12.1 Å². The summed E-state index contributed by atoms with van der Waals surface area (Å²) in [6.45, 7) is 4.84. The minimum absolute atomic E-state index is 0.185. The van der Waals surface area contributed by atoms with Crippen LogP contribution in [0.2, 0.25) is 5.02 Å². The maximum Gasteiger partial charge on any atom is 0.417 e. The van der Waals surface area contributed by atoms with Crippen molar-refractivity contribution < 1.29 is 12.8 Å². The largest absolute Gasteiger partial charge is 0.417 e. The number of piperazine rings is 1. The van der Waals surface area contributed by atoms with Crippen molar-refractivity contribution in [2.24, 2.45) is 0 Å². The number of aromatic amines is 1. The Balaban J connectivity index is 1.21. The Bertz CT molecular complexity index is 1200. The first-order valence-corrected chi connectivity index (χ1v) is 12.1. The third kappa shape index (κ3) is 5.30. The molecule has 2 aromatic carbocycles. The highest BCUT2D eigenvalue weighted by atomic mass is 35.5. The van der Waals surface area contributed by atoms with Crippen molar-refractivity contribution in [3.05, 3.63) is 58.0 Å². The van der Waals surface area contributed by atoms with Crippen LogP contribution in [0, 0.1) is 0 Å². The van der Waals surface area contributed by atoms with Crippen molar-refractivity contribution in [2.45, 2.75) is 17.7 Å². The molecule has 0 bridgehead atoms. The summed E-state index contributed by atoms with van der Waals surface area (Å²) in [4.78, 5) is 19.1. The van der Waals surface area contributed by atoms with E-state index in [0.29, 0.717) is 17.2 Å². The second-order valence-electron chi connectivity index (χ2n) is 7.56. The maximum atomic E-state index is 12.3. The van der Waals surface area contributed by atoms with Crippen molar-refractivity contribution in [1.82, 2.24) is 14.6 Å². The number of nitrogens with one attached hydrogen (secondary N) is 2. The number of H-pyrrole nitrogens is 1. The summed E-state index contributed by atoms with van der Waals surface area (Å²) in [6, 6.07) is 11.9. The lowest BCUT2D eigenvalue weighted by Crippen LogP contribution is -2.46. The van der Waals surface area contributed by atoms with Gasteiger partial charge in [-0.3, -0.25) is 9.88 Å². The molecule has 0 saturated carbocycles. The quantitative estimate of drug-likeness (QED) is 0.497. The number of oxazole rings is 1. The Morgan fingerprint density at radius 1 is 1.06 bits per heavy atom. The van der Waals surface area contributed by atoms with Crippen LogP contribution < -0.4 is 15.4 Å². The number of rotatable bonds is 8. The zero-order valence-electron chi connectivity index (χ0n) is 17.0. The van der Waals surface area contributed by atoms with E-state index in [4.69, 9.17) is 16.0 Å². The fourth-order valence-corrected chi connectivity index (χ4v) is 5.19. The fourth-order valence-electron chi connectivity index (χ4n) is 3.82. The van der Waals surface area contributed by atoms with E-state index < -0.39 is 15.8 Å². The van der Waals surface area contributed by atoms with Crippen molar-refractivity contribution in [2.75, 3.05) is 44.2 Å². The molecule has 8 nitrogen and oxygen atoms in total. The molecule has 0 aliphatic carbocycles. The van der Waals surface area contributed by atoms with E-state index in [1.807, 2.05) is 12.1 Å². The minimum Gasteiger partial charge on any atom is -0.408 e. The Morgan fingerprint density at radius 2 is 1.84 bits per heavy atom. The first kappa shape index (κ1) is 21.9. The molecule has 0 atom stereocenters. The van der Waals surface area contributed by atoms with Gasteiger partial charge in [0.2, 0.25) is 10.0 Å². The summed E-state index contributed by atoms with van der Waals surface area (Å²) >= 11 is 5.88. The highest BCUT2D eigenvalue weighted by Crippen LogP contribution is 2.25. The summed E-state index contributed by atoms with van der Waals surface area (Å²) in [7, 11) is -3.53. The first-order chi connectivity index (χ1) is 14.9. The average Bonchev–Trinajstić information content (AvgIpc) is 3.14. The van der Waals surface area contributed by atoms with Gasteiger partial charge >= 0.3 is 5.76 Å². The Kier molecular flexibility index (Phi) is 6.66.